The van der Waals surface area contributed by atoms with Crippen LogP contribution in [0, 0.1) is 0 Å². The highest BCUT2D eigenvalue weighted by molar-refractivity contribution is 7.99. The molecular weight excluding hydrogens is 615 g/mol. The van der Waals surface area contributed by atoms with Gasteiger partial charge in [-0.2, -0.15) is 0 Å². The normalized spacial score (nSPS) is 12.6. The number of nitrogens with zero attached hydrogens (tertiary/aromatic N) is 3. The van der Waals surface area contributed by atoms with Crippen LogP contribution >= 0.6 is 11.8 Å². The van der Waals surface area contributed by atoms with Gasteiger partial charge in [0.15, 0.2) is 5.82 Å². The zero-order valence-corrected chi connectivity index (χ0v) is 27.3. The Morgan fingerprint density at radius 2 is 1.16 bits per heavy atom. The fourth-order valence-electron chi connectivity index (χ4n) is 6.59. The first kappa shape index (κ1) is 29.1. The lowest BCUT2D eigenvalue weighted by Gasteiger charge is -2.17. The topological polar surface area (TPSA) is 38.7 Å². The van der Waals surface area contributed by atoms with Crippen LogP contribution in [0.2, 0.25) is 0 Å². The van der Waals surface area contributed by atoms with Crippen molar-refractivity contribution in [3.63, 3.8) is 0 Å². The van der Waals surface area contributed by atoms with Gasteiger partial charge in [0, 0.05) is 38.9 Å². The molecule has 9 rings (SSSR count). The predicted octanol–water partition coefficient (Wildman–Crippen LogP) is 12.0. The zero-order valence-electron chi connectivity index (χ0n) is 26.5. The molecule has 0 atom stereocenters. The predicted molar refractivity (Wildman–Crippen MR) is 204 cm³/mol. The number of benzene rings is 6. The zero-order chi connectivity index (χ0) is 32.6. The van der Waals surface area contributed by atoms with Crippen molar-refractivity contribution >= 4 is 34.7 Å². The fraction of sp³-hybridized carbons (Fsp3) is 0. The third kappa shape index (κ3) is 5.52. The Hall–Kier alpha value is -6.10. The second-order valence-corrected chi connectivity index (χ2v) is 13.1. The van der Waals surface area contributed by atoms with Gasteiger partial charge in [-0.3, -0.25) is 4.98 Å². The molecule has 0 radical (unpaired) electrons. The van der Waals surface area contributed by atoms with Gasteiger partial charge in [-0.25, -0.2) is 9.97 Å². The molecule has 0 fully saturated rings. The van der Waals surface area contributed by atoms with Gasteiger partial charge in [0.05, 0.1) is 11.4 Å². The van der Waals surface area contributed by atoms with E-state index in [1.807, 2.05) is 48.3 Å². The maximum atomic E-state index is 5.15. The molecule has 6 aromatic carbocycles. The van der Waals surface area contributed by atoms with E-state index in [4.69, 9.17) is 9.97 Å². The summed E-state index contributed by atoms with van der Waals surface area (Å²) in [6.45, 7) is 0. The lowest BCUT2D eigenvalue weighted by Crippen LogP contribution is -1.97. The summed E-state index contributed by atoms with van der Waals surface area (Å²) < 4.78 is 0. The highest BCUT2D eigenvalue weighted by Crippen LogP contribution is 2.47. The van der Waals surface area contributed by atoms with Crippen molar-refractivity contribution < 1.29 is 0 Å². The van der Waals surface area contributed by atoms with Crippen molar-refractivity contribution in [2.24, 2.45) is 0 Å². The van der Waals surface area contributed by atoms with E-state index < -0.39 is 0 Å². The SMILES string of the molecule is C1=C\c2ccc(-c3nc(-c4ccccc4)cc(-c4cccnc4)n3)cc2-c2ccc3ccccc3c2Sc2ccccc2-c2ccccc2/1. The largest absolute Gasteiger partial charge is 0.264 e. The van der Waals surface area contributed by atoms with Gasteiger partial charge in [-0.1, -0.05) is 145 Å². The van der Waals surface area contributed by atoms with Gasteiger partial charge in [-0.15, -0.1) is 0 Å². The molecule has 3 heterocycles. The molecule has 230 valence electrons. The van der Waals surface area contributed by atoms with E-state index in [0.29, 0.717) is 5.82 Å². The average molecular weight is 644 g/mol. The minimum atomic E-state index is 0.673. The molecule has 1 aliphatic heterocycles. The lowest BCUT2D eigenvalue weighted by atomic mass is 9.93. The Bertz CT molecular complexity index is 2470. The van der Waals surface area contributed by atoms with E-state index in [0.717, 1.165) is 39.2 Å². The van der Waals surface area contributed by atoms with Crippen molar-refractivity contribution in [2.45, 2.75) is 9.79 Å². The number of hydrogen-bond acceptors (Lipinski definition) is 4. The first-order valence-electron chi connectivity index (χ1n) is 16.3. The summed E-state index contributed by atoms with van der Waals surface area (Å²) in [6, 6.07) is 53.6. The summed E-state index contributed by atoms with van der Waals surface area (Å²) in [5.41, 5.74) is 11.7. The number of rotatable bonds is 3. The van der Waals surface area contributed by atoms with Gasteiger partial charge >= 0.3 is 0 Å². The molecule has 0 spiro atoms. The second kappa shape index (κ2) is 12.5. The molecule has 0 N–H and O–H groups in total. The van der Waals surface area contributed by atoms with Crippen molar-refractivity contribution in [1.82, 2.24) is 15.0 Å². The third-order valence-corrected chi connectivity index (χ3v) is 10.2. The maximum absolute atomic E-state index is 5.15. The molecule has 0 saturated carbocycles. The van der Waals surface area contributed by atoms with Crippen LogP contribution in [0.1, 0.15) is 11.1 Å². The number of fused-ring (bicyclic) bond motifs is 8. The Morgan fingerprint density at radius 1 is 0.449 bits per heavy atom. The van der Waals surface area contributed by atoms with Crippen LogP contribution in [0.25, 0.3) is 79.1 Å². The van der Waals surface area contributed by atoms with Gasteiger partial charge < -0.3 is 0 Å². The molecule has 3 nitrogen and oxygen atoms in total. The van der Waals surface area contributed by atoms with Crippen LogP contribution in [-0.2, 0) is 0 Å². The smallest absolute Gasteiger partial charge is 0.160 e. The Balaban J connectivity index is 1.30. The number of aromatic nitrogens is 3. The van der Waals surface area contributed by atoms with Crippen molar-refractivity contribution in [3.8, 4) is 56.2 Å². The highest BCUT2D eigenvalue weighted by Gasteiger charge is 2.19. The van der Waals surface area contributed by atoms with Crippen LogP contribution in [0.4, 0.5) is 0 Å². The molecule has 8 aromatic rings. The first-order valence-corrected chi connectivity index (χ1v) is 17.2. The summed E-state index contributed by atoms with van der Waals surface area (Å²) in [6.07, 6.45) is 8.14. The van der Waals surface area contributed by atoms with E-state index in [1.165, 1.54) is 42.8 Å². The average Bonchev–Trinajstić information content (AvgIpc) is 3.20. The Labute approximate surface area is 289 Å². The Kier molecular flexibility index (Phi) is 7.41. The summed E-state index contributed by atoms with van der Waals surface area (Å²) in [4.78, 5) is 17.1. The monoisotopic (exact) mass is 643 g/mol. The van der Waals surface area contributed by atoms with Gasteiger partial charge in [0.25, 0.3) is 0 Å². The van der Waals surface area contributed by atoms with Gasteiger partial charge in [-0.05, 0) is 74.5 Å². The molecule has 0 amide bonds. The number of hydrogen-bond donors (Lipinski definition) is 0. The van der Waals surface area contributed by atoms with E-state index in [1.54, 1.807) is 6.20 Å². The van der Waals surface area contributed by atoms with E-state index in [2.05, 4.69) is 138 Å². The van der Waals surface area contributed by atoms with E-state index in [9.17, 15) is 0 Å². The maximum Gasteiger partial charge on any atom is 0.160 e. The first-order chi connectivity index (χ1) is 24.3. The summed E-state index contributed by atoms with van der Waals surface area (Å²) >= 11 is 1.84. The van der Waals surface area contributed by atoms with Gasteiger partial charge in [0.2, 0.25) is 0 Å². The van der Waals surface area contributed by atoms with Crippen LogP contribution in [-0.4, -0.2) is 15.0 Å². The van der Waals surface area contributed by atoms with Gasteiger partial charge in [0.1, 0.15) is 0 Å². The van der Waals surface area contributed by atoms with Crippen LogP contribution in [0.15, 0.2) is 174 Å². The molecule has 0 aliphatic carbocycles. The summed E-state index contributed by atoms with van der Waals surface area (Å²) in [7, 11) is 0. The van der Waals surface area contributed by atoms with Crippen molar-refractivity contribution in [1.29, 1.82) is 0 Å². The van der Waals surface area contributed by atoms with Crippen LogP contribution in [0.3, 0.4) is 0 Å². The minimum Gasteiger partial charge on any atom is -0.264 e. The second-order valence-electron chi connectivity index (χ2n) is 12.1. The molecule has 4 heteroatoms. The minimum absolute atomic E-state index is 0.673. The van der Waals surface area contributed by atoms with Crippen molar-refractivity contribution in [2.75, 3.05) is 0 Å². The molecule has 0 bridgehead atoms. The third-order valence-electron chi connectivity index (χ3n) is 9.03. The highest BCUT2D eigenvalue weighted by atomic mass is 32.2. The lowest BCUT2D eigenvalue weighted by molar-refractivity contribution is 1.18. The molecule has 0 saturated heterocycles. The van der Waals surface area contributed by atoms with Crippen LogP contribution in [0.5, 0.6) is 0 Å². The molecule has 2 aromatic heterocycles. The standard InChI is InChI=1S/C45H29N3S/c1-2-13-33(14-3-1)41-28-42(35-15-10-26-46-29-35)48-45(47-41)34-23-22-32-21-20-30-11-4-6-16-36(30)38-18-8-9-19-43(38)49-44-37-17-7-5-12-31(37)24-25-39(44)40(32)27-34/h1-29H/b21-20-. The summed E-state index contributed by atoms with van der Waals surface area (Å²) in [5, 5.41) is 2.45. The Morgan fingerprint density at radius 3 is 2.02 bits per heavy atom. The molecule has 0 unspecified atom stereocenters. The summed E-state index contributed by atoms with van der Waals surface area (Å²) in [5.74, 6) is 0.673. The van der Waals surface area contributed by atoms with E-state index in [-0.39, 0.29) is 0 Å². The molecule has 1 aliphatic rings. The van der Waals surface area contributed by atoms with Crippen LogP contribution < -0.4 is 0 Å². The van der Waals surface area contributed by atoms with Crippen molar-refractivity contribution in [3.05, 3.63) is 175 Å². The number of pyridine rings is 1. The quantitative estimate of drug-likeness (QED) is 0.192. The molecule has 49 heavy (non-hydrogen) atoms. The molecular formula is C45H29N3S. The van der Waals surface area contributed by atoms with E-state index >= 15 is 0 Å². The fourth-order valence-corrected chi connectivity index (χ4v) is 7.83.